The molecule has 0 unspecified atom stereocenters. The molecule has 0 aliphatic carbocycles. The van der Waals surface area contributed by atoms with Crippen molar-refractivity contribution >= 4 is 53.6 Å². The molecule has 0 radical (unpaired) electrons. The maximum atomic E-state index is 5.09. The fraction of sp³-hybridized carbons (Fsp3) is 0. The summed E-state index contributed by atoms with van der Waals surface area (Å²) in [5, 5.41) is 3.46. The van der Waals surface area contributed by atoms with Crippen LogP contribution in [0.25, 0.3) is 105 Å². The summed E-state index contributed by atoms with van der Waals surface area (Å²) in [6.07, 6.45) is 3.83. The number of thiophene rings is 1. The van der Waals surface area contributed by atoms with Gasteiger partial charge in [0.2, 0.25) is 0 Å². The Balaban J connectivity index is 0.988. The molecule has 11 aromatic rings. The predicted octanol–water partition coefficient (Wildman–Crippen LogP) is 11.9. The molecule has 0 aliphatic rings. The molecule has 8 heteroatoms. The van der Waals surface area contributed by atoms with Gasteiger partial charge in [-0.2, -0.15) is 0 Å². The Labute approximate surface area is 325 Å². The smallest absolute Gasteiger partial charge is 0.164 e. The van der Waals surface area contributed by atoms with Crippen LogP contribution in [0.5, 0.6) is 0 Å². The van der Waals surface area contributed by atoms with Crippen LogP contribution in [0.15, 0.2) is 176 Å². The lowest BCUT2D eigenvalue weighted by atomic mass is 10.0. The van der Waals surface area contributed by atoms with Crippen LogP contribution in [0, 0.1) is 0 Å². The van der Waals surface area contributed by atoms with Gasteiger partial charge < -0.3 is 4.57 Å². The van der Waals surface area contributed by atoms with E-state index < -0.39 is 0 Å². The second-order valence-electron chi connectivity index (χ2n) is 13.6. The van der Waals surface area contributed by atoms with E-state index in [9.17, 15) is 0 Å². The van der Waals surface area contributed by atoms with E-state index >= 15 is 0 Å². The van der Waals surface area contributed by atoms with E-state index in [1.807, 2.05) is 73.1 Å². The van der Waals surface area contributed by atoms with Crippen LogP contribution in [-0.4, -0.2) is 34.5 Å². The molecule has 56 heavy (non-hydrogen) atoms. The van der Waals surface area contributed by atoms with Gasteiger partial charge in [0.1, 0.15) is 4.83 Å². The van der Waals surface area contributed by atoms with Crippen molar-refractivity contribution in [2.75, 3.05) is 0 Å². The maximum absolute atomic E-state index is 5.09. The molecule has 7 nitrogen and oxygen atoms in total. The van der Waals surface area contributed by atoms with Crippen molar-refractivity contribution in [1.29, 1.82) is 0 Å². The van der Waals surface area contributed by atoms with Crippen LogP contribution in [0.3, 0.4) is 0 Å². The Kier molecular flexibility index (Phi) is 7.53. The van der Waals surface area contributed by atoms with Crippen molar-refractivity contribution in [2.24, 2.45) is 0 Å². The van der Waals surface area contributed by atoms with E-state index in [0.717, 1.165) is 70.5 Å². The summed E-state index contributed by atoms with van der Waals surface area (Å²) in [5.41, 5.74) is 10.0. The van der Waals surface area contributed by atoms with Crippen LogP contribution in [-0.2, 0) is 0 Å². The van der Waals surface area contributed by atoms with E-state index in [1.165, 1.54) is 10.8 Å². The number of hydrogen-bond donors (Lipinski definition) is 0. The van der Waals surface area contributed by atoms with Gasteiger partial charge in [-0.1, -0.05) is 133 Å². The standard InChI is InChI=1S/C48H29N7S/c1-3-12-31(13-4-1)44-49-29-42-43(51-44)39-27-35(28-50-48(39)56-42)30-22-24-33(25-23-30)46-52-45(32-14-5-2-6-15-32)53-47(54-46)34-16-11-17-36(26-34)55-40-20-9-7-18-37(40)38-19-8-10-21-41(38)55/h1-29H. The van der Waals surface area contributed by atoms with Crippen molar-refractivity contribution in [1.82, 2.24) is 34.5 Å². The SMILES string of the molecule is c1ccc(-c2nc(-c3ccc(-c4cnc5sc6cnc(-c7ccccc7)nc6c5c4)cc3)nc(-c3cccc(-n4c5ccccc5c5ccccc54)c3)n2)cc1. The Hall–Kier alpha value is -7.42. The van der Waals surface area contributed by atoms with E-state index in [1.54, 1.807) is 11.3 Å². The van der Waals surface area contributed by atoms with E-state index in [4.69, 9.17) is 24.9 Å². The predicted molar refractivity (Wildman–Crippen MR) is 228 cm³/mol. The first-order valence-electron chi connectivity index (χ1n) is 18.4. The van der Waals surface area contributed by atoms with Crippen LogP contribution >= 0.6 is 11.3 Å². The molecule has 0 saturated heterocycles. The number of pyridine rings is 1. The molecule has 6 aromatic carbocycles. The zero-order valence-electron chi connectivity index (χ0n) is 29.8. The minimum Gasteiger partial charge on any atom is -0.309 e. The molecule has 5 heterocycles. The van der Waals surface area contributed by atoms with Gasteiger partial charge in [0.25, 0.3) is 0 Å². The van der Waals surface area contributed by atoms with Gasteiger partial charge in [0, 0.05) is 62.1 Å². The van der Waals surface area contributed by atoms with Crippen LogP contribution in [0.1, 0.15) is 0 Å². The van der Waals surface area contributed by atoms with Gasteiger partial charge in [-0.15, -0.1) is 11.3 Å². The molecule has 5 aromatic heterocycles. The highest BCUT2D eigenvalue weighted by Crippen LogP contribution is 2.36. The highest BCUT2D eigenvalue weighted by Gasteiger charge is 2.17. The summed E-state index contributed by atoms with van der Waals surface area (Å²) in [6, 6.07) is 56.2. The van der Waals surface area contributed by atoms with Gasteiger partial charge in [0.15, 0.2) is 23.3 Å². The van der Waals surface area contributed by atoms with Gasteiger partial charge in [0.05, 0.1) is 21.3 Å². The lowest BCUT2D eigenvalue weighted by Gasteiger charge is -2.12. The summed E-state index contributed by atoms with van der Waals surface area (Å²) in [6.45, 7) is 0. The van der Waals surface area contributed by atoms with Crippen LogP contribution in [0.2, 0.25) is 0 Å². The number of rotatable bonds is 6. The molecule has 0 spiro atoms. The van der Waals surface area contributed by atoms with Gasteiger partial charge >= 0.3 is 0 Å². The zero-order chi connectivity index (χ0) is 37.0. The zero-order valence-corrected chi connectivity index (χ0v) is 30.6. The second kappa shape index (κ2) is 13.2. The van der Waals surface area contributed by atoms with Crippen LogP contribution in [0.4, 0.5) is 0 Å². The molecular formula is C48H29N7S. The van der Waals surface area contributed by atoms with E-state index in [0.29, 0.717) is 23.3 Å². The largest absolute Gasteiger partial charge is 0.309 e. The lowest BCUT2D eigenvalue weighted by Crippen LogP contribution is -2.01. The first-order valence-corrected chi connectivity index (χ1v) is 19.2. The molecule has 0 aliphatic heterocycles. The number of para-hydroxylation sites is 2. The van der Waals surface area contributed by atoms with Crippen molar-refractivity contribution in [3.63, 3.8) is 0 Å². The lowest BCUT2D eigenvalue weighted by molar-refractivity contribution is 1.07. The van der Waals surface area contributed by atoms with Crippen molar-refractivity contribution < 1.29 is 0 Å². The van der Waals surface area contributed by atoms with Crippen molar-refractivity contribution in [2.45, 2.75) is 0 Å². The first-order chi connectivity index (χ1) is 27.7. The summed E-state index contributed by atoms with van der Waals surface area (Å²) >= 11 is 1.61. The Morgan fingerprint density at radius 2 is 0.929 bits per heavy atom. The van der Waals surface area contributed by atoms with Crippen LogP contribution < -0.4 is 0 Å². The average Bonchev–Trinajstić information content (AvgIpc) is 3.82. The van der Waals surface area contributed by atoms with Crippen molar-refractivity contribution in [3.05, 3.63) is 176 Å². The summed E-state index contributed by atoms with van der Waals surface area (Å²) < 4.78 is 3.33. The highest BCUT2D eigenvalue weighted by atomic mass is 32.1. The minimum absolute atomic E-state index is 0.602. The summed E-state index contributed by atoms with van der Waals surface area (Å²) in [5.74, 6) is 2.53. The molecular weight excluding hydrogens is 707 g/mol. The Bertz CT molecular complexity index is 3190. The third-order valence-electron chi connectivity index (χ3n) is 10.2. The fourth-order valence-corrected chi connectivity index (χ4v) is 8.41. The second-order valence-corrected chi connectivity index (χ2v) is 14.7. The first kappa shape index (κ1) is 32.0. The molecule has 0 saturated carbocycles. The molecule has 0 fully saturated rings. The topological polar surface area (TPSA) is 82.3 Å². The number of fused-ring (bicyclic) bond motifs is 6. The van der Waals surface area contributed by atoms with Gasteiger partial charge in [-0.05, 0) is 35.9 Å². The molecule has 0 bridgehead atoms. The monoisotopic (exact) mass is 735 g/mol. The third kappa shape index (κ3) is 5.51. The molecule has 11 rings (SSSR count). The Morgan fingerprint density at radius 3 is 1.61 bits per heavy atom. The number of aromatic nitrogens is 7. The summed E-state index contributed by atoms with van der Waals surface area (Å²) in [4.78, 5) is 30.5. The number of hydrogen-bond acceptors (Lipinski definition) is 7. The van der Waals surface area contributed by atoms with E-state index in [2.05, 4.69) is 113 Å². The molecule has 262 valence electrons. The van der Waals surface area contributed by atoms with Gasteiger partial charge in [-0.3, -0.25) is 0 Å². The Morgan fingerprint density at radius 1 is 0.375 bits per heavy atom. The normalized spacial score (nSPS) is 11.6. The average molecular weight is 736 g/mol. The molecule has 0 atom stereocenters. The van der Waals surface area contributed by atoms with E-state index in [-0.39, 0.29) is 0 Å². The van der Waals surface area contributed by atoms with Crippen molar-refractivity contribution in [3.8, 4) is 62.4 Å². The minimum atomic E-state index is 0.602. The number of benzene rings is 6. The van der Waals surface area contributed by atoms with Gasteiger partial charge in [-0.25, -0.2) is 29.9 Å². The molecule has 0 amide bonds. The molecule has 0 N–H and O–H groups in total. The third-order valence-corrected chi connectivity index (χ3v) is 11.2. The highest BCUT2D eigenvalue weighted by molar-refractivity contribution is 7.25. The fourth-order valence-electron chi connectivity index (χ4n) is 7.48. The maximum Gasteiger partial charge on any atom is 0.164 e. The summed E-state index contributed by atoms with van der Waals surface area (Å²) in [7, 11) is 0. The quantitative estimate of drug-likeness (QED) is 0.169. The number of nitrogens with zero attached hydrogens (tertiary/aromatic N) is 7.